The third-order valence-electron chi connectivity index (χ3n) is 3.57. The normalized spacial score (nSPS) is 15.8. The van der Waals surface area contributed by atoms with Crippen molar-refractivity contribution in [3.8, 4) is 0 Å². The van der Waals surface area contributed by atoms with E-state index in [1.165, 1.54) is 16.8 Å². The van der Waals surface area contributed by atoms with Crippen LogP contribution in [0.5, 0.6) is 0 Å². The quantitative estimate of drug-likeness (QED) is 0.793. The Bertz CT molecular complexity index is 425. The average molecular weight is 231 g/mol. The molecule has 0 amide bonds. The summed E-state index contributed by atoms with van der Waals surface area (Å²) >= 11 is 0. The Balaban J connectivity index is 2.28. The van der Waals surface area contributed by atoms with Gasteiger partial charge in [-0.05, 0) is 38.3 Å². The first-order chi connectivity index (χ1) is 8.13. The predicted molar refractivity (Wildman–Crippen MR) is 71.6 cm³/mol. The Morgan fingerprint density at radius 1 is 1.47 bits per heavy atom. The number of hydrogen-bond donors (Lipinski definition) is 0. The van der Waals surface area contributed by atoms with Gasteiger partial charge in [-0.25, -0.2) is 0 Å². The van der Waals surface area contributed by atoms with Crippen LogP contribution in [0.25, 0.3) is 0 Å². The van der Waals surface area contributed by atoms with Crippen LogP contribution in [0.4, 0.5) is 5.69 Å². The van der Waals surface area contributed by atoms with Gasteiger partial charge in [0.25, 0.3) is 0 Å². The third-order valence-corrected chi connectivity index (χ3v) is 3.57. The summed E-state index contributed by atoms with van der Waals surface area (Å²) in [6, 6.07) is 6.63. The number of aryl methyl sites for hydroxylation is 1. The van der Waals surface area contributed by atoms with Gasteiger partial charge in [0, 0.05) is 12.2 Å². The molecule has 1 aromatic carbocycles. The highest BCUT2D eigenvalue weighted by Gasteiger charge is 2.28. The lowest BCUT2D eigenvalue weighted by Gasteiger charge is -2.28. The molecule has 0 aromatic heterocycles. The zero-order valence-corrected chi connectivity index (χ0v) is 11.0. The lowest BCUT2D eigenvalue weighted by atomic mass is 10.1. The molecule has 0 fully saturated rings. The number of anilines is 1. The van der Waals surface area contributed by atoms with E-state index in [9.17, 15) is 4.79 Å². The van der Waals surface area contributed by atoms with Crippen molar-refractivity contribution in [3.63, 3.8) is 0 Å². The highest BCUT2D eigenvalue weighted by molar-refractivity contribution is 5.86. The Hall–Kier alpha value is -1.31. The number of hydrogen-bond acceptors (Lipinski definition) is 2. The molecule has 1 unspecified atom stereocenters. The Labute approximate surface area is 104 Å². The van der Waals surface area contributed by atoms with Crippen LogP contribution in [0.2, 0.25) is 0 Å². The minimum absolute atomic E-state index is 0.0731. The topological polar surface area (TPSA) is 20.3 Å². The summed E-state index contributed by atoms with van der Waals surface area (Å²) in [5.41, 5.74) is 3.97. The van der Waals surface area contributed by atoms with Crippen molar-refractivity contribution in [3.05, 3.63) is 29.3 Å². The van der Waals surface area contributed by atoms with Crippen LogP contribution < -0.4 is 4.90 Å². The summed E-state index contributed by atoms with van der Waals surface area (Å²) in [5.74, 6) is 0.292. The molecule has 1 heterocycles. The smallest absolute Gasteiger partial charge is 0.152 e. The van der Waals surface area contributed by atoms with Gasteiger partial charge in [0.2, 0.25) is 0 Å². The van der Waals surface area contributed by atoms with E-state index in [0.29, 0.717) is 5.78 Å². The molecule has 1 atom stereocenters. The lowest BCUT2D eigenvalue weighted by molar-refractivity contribution is -0.118. The molecule has 17 heavy (non-hydrogen) atoms. The van der Waals surface area contributed by atoms with Crippen LogP contribution in [-0.2, 0) is 11.2 Å². The first-order valence-corrected chi connectivity index (χ1v) is 6.50. The van der Waals surface area contributed by atoms with Gasteiger partial charge >= 0.3 is 0 Å². The van der Waals surface area contributed by atoms with E-state index in [2.05, 4.69) is 36.9 Å². The van der Waals surface area contributed by atoms with Gasteiger partial charge in [0.1, 0.15) is 0 Å². The van der Waals surface area contributed by atoms with Crippen molar-refractivity contribution in [1.82, 2.24) is 0 Å². The molecule has 1 aromatic rings. The molecule has 0 N–H and O–H groups in total. The Kier molecular flexibility index (Phi) is 3.51. The average Bonchev–Trinajstić information content (AvgIpc) is 2.68. The number of carbonyl (C=O) groups excluding carboxylic acids is 1. The van der Waals surface area contributed by atoms with Crippen LogP contribution in [0.3, 0.4) is 0 Å². The minimum Gasteiger partial charge on any atom is -0.361 e. The van der Waals surface area contributed by atoms with Gasteiger partial charge in [-0.3, -0.25) is 4.79 Å². The largest absolute Gasteiger partial charge is 0.361 e. The second-order valence-electron chi connectivity index (χ2n) is 4.99. The van der Waals surface area contributed by atoms with Crippen molar-refractivity contribution >= 4 is 11.5 Å². The van der Waals surface area contributed by atoms with Crippen molar-refractivity contribution in [2.24, 2.45) is 0 Å². The van der Waals surface area contributed by atoms with E-state index >= 15 is 0 Å². The summed E-state index contributed by atoms with van der Waals surface area (Å²) in [7, 11) is 0. The zero-order chi connectivity index (χ0) is 12.4. The molecule has 1 aliphatic heterocycles. The number of fused-ring (bicyclic) bond motifs is 1. The fourth-order valence-electron chi connectivity index (χ4n) is 2.73. The van der Waals surface area contributed by atoms with E-state index in [0.717, 1.165) is 25.8 Å². The second kappa shape index (κ2) is 4.91. The zero-order valence-electron chi connectivity index (χ0n) is 11.0. The van der Waals surface area contributed by atoms with Gasteiger partial charge in [0.15, 0.2) is 5.78 Å². The second-order valence-corrected chi connectivity index (χ2v) is 4.99. The fourth-order valence-corrected chi connectivity index (χ4v) is 2.73. The number of ketones is 1. The molecule has 92 valence electrons. The molecule has 2 nitrogen and oxygen atoms in total. The molecule has 0 aliphatic carbocycles. The lowest BCUT2D eigenvalue weighted by Crippen LogP contribution is -2.39. The number of carbonyl (C=O) groups is 1. The molecular weight excluding hydrogens is 210 g/mol. The highest BCUT2D eigenvalue weighted by atomic mass is 16.1. The number of nitrogens with zero attached hydrogens (tertiary/aromatic N) is 1. The maximum atomic E-state index is 11.8. The molecule has 0 saturated carbocycles. The molecule has 0 bridgehead atoms. The van der Waals surface area contributed by atoms with E-state index in [1.807, 2.05) is 0 Å². The Morgan fingerprint density at radius 3 is 2.88 bits per heavy atom. The molecule has 1 aliphatic rings. The van der Waals surface area contributed by atoms with Crippen LogP contribution >= 0.6 is 0 Å². The van der Waals surface area contributed by atoms with Crippen LogP contribution in [0.1, 0.15) is 37.8 Å². The van der Waals surface area contributed by atoms with E-state index < -0.39 is 0 Å². The van der Waals surface area contributed by atoms with E-state index in [-0.39, 0.29) is 6.04 Å². The van der Waals surface area contributed by atoms with Crippen molar-refractivity contribution in [1.29, 1.82) is 0 Å². The molecule has 2 rings (SSSR count). The summed E-state index contributed by atoms with van der Waals surface area (Å²) in [6.07, 6.45) is 3.09. The fraction of sp³-hybridized carbons (Fsp3) is 0.533. The molecule has 2 heteroatoms. The summed E-state index contributed by atoms with van der Waals surface area (Å²) in [6.45, 7) is 6.97. The van der Waals surface area contributed by atoms with Crippen molar-refractivity contribution < 1.29 is 4.79 Å². The first kappa shape index (κ1) is 12.2. The number of Topliss-reactive ketones (excluding diaryl/α,β-unsaturated/α-hetero) is 1. The monoisotopic (exact) mass is 231 g/mol. The van der Waals surface area contributed by atoms with Gasteiger partial charge in [-0.1, -0.05) is 31.0 Å². The van der Waals surface area contributed by atoms with Crippen molar-refractivity contribution in [2.45, 2.75) is 46.1 Å². The molecule has 0 radical (unpaired) electrons. The van der Waals surface area contributed by atoms with Crippen LogP contribution in [0, 0.1) is 6.92 Å². The minimum atomic E-state index is 0.0731. The molecule has 0 saturated heterocycles. The van der Waals surface area contributed by atoms with E-state index in [4.69, 9.17) is 0 Å². The summed E-state index contributed by atoms with van der Waals surface area (Å²) < 4.78 is 0. The highest BCUT2D eigenvalue weighted by Crippen LogP contribution is 2.31. The van der Waals surface area contributed by atoms with Gasteiger partial charge < -0.3 is 4.90 Å². The summed E-state index contributed by atoms with van der Waals surface area (Å²) in [5, 5.41) is 0. The first-order valence-electron chi connectivity index (χ1n) is 6.50. The summed E-state index contributed by atoms with van der Waals surface area (Å²) in [4.78, 5) is 14.0. The van der Waals surface area contributed by atoms with Crippen LogP contribution in [0.15, 0.2) is 18.2 Å². The molecule has 0 spiro atoms. The molecular formula is C15H21NO. The SMILES string of the molecule is CCCC(C(C)=O)N1CCc2cc(C)ccc21. The van der Waals surface area contributed by atoms with Gasteiger partial charge in [-0.2, -0.15) is 0 Å². The maximum Gasteiger partial charge on any atom is 0.152 e. The van der Waals surface area contributed by atoms with E-state index in [1.54, 1.807) is 6.92 Å². The van der Waals surface area contributed by atoms with Crippen LogP contribution in [-0.4, -0.2) is 18.4 Å². The number of benzene rings is 1. The Morgan fingerprint density at radius 2 is 2.24 bits per heavy atom. The van der Waals surface area contributed by atoms with Crippen molar-refractivity contribution in [2.75, 3.05) is 11.4 Å². The maximum absolute atomic E-state index is 11.8. The third kappa shape index (κ3) is 2.36. The number of rotatable bonds is 4. The van der Waals surface area contributed by atoms with Gasteiger partial charge in [-0.15, -0.1) is 0 Å². The standard InChI is InChI=1S/C15H21NO/c1-4-5-14(12(3)17)16-9-8-13-10-11(2)6-7-15(13)16/h6-7,10,14H,4-5,8-9H2,1-3H3. The van der Waals surface area contributed by atoms with Gasteiger partial charge in [0.05, 0.1) is 6.04 Å². The predicted octanol–water partition coefficient (Wildman–Crippen LogP) is 3.12.